The average Bonchev–Trinajstić information content (AvgIpc) is 3.28. The second kappa shape index (κ2) is 12.9. The van der Waals surface area contributed by atoms with Gasteiger partial charge in [-0.25, -0.2) is 10.9 Å². The highest BCUT2D eigenvalue weighted by Crippen LogP contribution is 2.33. The first kappa shape index (κ1) is 27.8. The predicted molar refractivity (Wildman–Crippen MR) is 142 cm³/mol. The van der Waals surface area contributed by atoms with Crippen LogP contribution in [0.2, 0.25) is 0 Å². The molecule has 0 aliphatic rings. The Balaban J connectivity index is 1.46. The molecule has 0 saturated heterocycles. The summed E-state index contributed by atoms with van der Waals surface area (Å²) in [5.74, 6) is -1.32. The van der Waals surface area contributed by atoms with E-state index in [0.29, 0.717) is 19.8 Å². The highest BCUT2D eigenvalue weighted by Gasteiger charge is 2.20. The van der Waals surface area contributed by atoms with Crippen LogP contribution in [0.4, 0.5) is 0 Å². The highest BCUT2D eigenvalue weighted by molar-refractivity contribution is 8.04. The summed E-state index contributed by atoms with van der Waals surface area (Å²) < 4.78 is 1.05. The van der Waals surface area contributed by atoms with Gasteiger partial charge in [0.15, 0.2) is 8.68 Å². The normalized spacial score (nSPS) is 13.0. The highest BCUT2D eigenvalue weighted by atomic mass is 32.2. The zero-order valence-corrected chi connectivity index (χ0v) is 21.8. The summed E-state index contributed by atoms with van der Waals surface area (Å²) in [5, 5.41) is 52.7. The number of carbonyl (C=O) groups is 2. The van der Waals surface area contributed by atoms with E-state index in [2.05, 4.69) is 31.3 Å². The lowest BCUT2D eigenvalue weighted by Gasteiger charge is -2.07. The molecular weight excluding hydrogens is 540 g/mol. The molecule has 0 saturated carbocycles. The summed E-state index contributed by atoms with van der Waals surface area (Å²) in [4.78, 5) is 24.6. The minimum absolute atomic E-state index is 0.0893. The molecule has 2 atom stereocenters. The molecule has 15 heteroatoms. The molecule has 194 valence electrons. The number of phenols is 4. The van der Waals surface area contributed by atoms with Gasteiger partial charge in [0, 0.05) is 23.3 Å². The van der Waals surface area contributed by atoms with Crippen LogP contribution >= 0.6 is 34.9 Å². The fourth-order valence-electron chi connectivity index (χ4n) is 2.50. The molecule has 0 spiro atoms. The quantitative estimate of drug-likeness (QED) is 0.122. The zero-order valence-electron chi connectivity index (χ0n) is 19.4. The Morgan fingerprint density at radius 1 is 0.811 bits per heavy atom. The van der Waals surface area contributed by atoms with Crippen LogP contribution in [0.5, 0.6) is 23.0 Å². The Kier molecular flexibility index (Phi) is 9.71. The van der Waals surface area contributed by atoms with E-state index in [1.165, 1.54) is 71.6 Å². The molecule has 2 unspecified atom stereocenters. The van der Waals surface area contributed by atoms with Crippen LogP contribution in [-0.2, 0) is 9.59 Å². The molecule has 1 aromatic heterocycles. The van der Waals surface area contributed by atoms with Crippen LogP contribution < -0.4 is 10.9 Å². The average molecular weight is 563 g/mol. The van der Waals surface area contributed by atoms with Crippen LogP contribution in [0.25, 0.3) is 0 Å². The van der Waals surface area contributed by atoms with Gasteiger partial charge in [0.05, 0.1) is 22.9 Å². The number of amides is 2. The van der Waals surface area contributed by atoms with Gasteiger partial charge in [0.25, 0.3) is 11.8 Å². The van der Waals surface area contributed by atoms with Crippen molar-refractivity contribution in [2.45, 2.75) is 33.0 Å². The van der Waals surface area contributed by atoms with Crippen molar-refractivity contribution in [3.05, 3.63) is 47.5 Å². The van der Waals surface area contributed by atoms with E-state index in [9.17, 15) is 30.0 Å². The topological polar surface area (TPSA) is 190 Å². The fraction of sp³-hybridized carbons (Fsp3) is 0.182. The van der Waals surface area contributed by atoms with E-state index < -0.39 is 22.3 Å². The first-order valence-electron chi connectivity index (χ1n) is 10.5. The van der Waals surface area contributed by atoms with Gasteiger partial charge in [-0.05, 0) is 38.1 Å². The number of carbonyl (C=O) groups excluding carboxylic acids is 2. The number of hydrogen-bond donors (Lipinski definition) is 6. The number of nitrogens with one attached hydrogen (secondary N) is 2. The van der Waals surface area contributed by atoms with Crippen molar-refractivity contribution < 1.29 is 30.0 Å². The number of hydrogen-bond acceptors (Lipinski definition) is 13. The molecule has 1 heterocycles. The van der Waals surface area contributed by atoms with Crippen LogP contribution in [0.15, 0.2) is 55.3 Å². The Morgan fingerprint density at radius 2 is 1.22 bits per heavy atom. The van der Waals surface area contributed by atoms with Gasteiger partial charge in [-0.2, -0.15) is 10.2 Å². The number of benzene rings is 2. The fourth-order valence-corrected chi connectivity index (χ4v) is 5.79. The van der Waals surface area contributed by atoms with Crippen LogP contribution in [0.3, 0.4) is 0 Å². The lowest BCUT2D eigenvalue weighted by atomic mass is 10.2. The van der Waals surface area contributed by atoms with Crippen molar-refractivity contribution in [3.8, 4) is 23.0 Å². The van der Waals surface area contributed by atoms with E-state index in [-0.39, 0.29) is 23.0 Å². The van der Waals surface area contributed by atoms with Gasteiger partial charge in [-0.3, -0.25) is 9.59 Å². The summed E-state index contributed by atoms with van der Waals surface area (Å²) in [5.41, 5.74) is 5.41. The summed E-state index contributed by atoms with van der Waals surface area (Å²) in [6.45, 7) is 3.34. The van der Waals surface area contributed by atoms with Gasteiger partial charge in [-0.1, -0.05) is 34.9 Å². The maximum atomic E-state index is 12.3. The summed E-state index contributed by atoms with van der Waals surface area (Å²) >= 11 is 3.57. The molecule has 12 nitrogen and oxygen atoms in total. The number of thioether (sulfide) groups is 2. The number of nitrogens with zero attached hydrogens (tertiary/aromatic N) is 4. The number of aromatic hydroxyl groups is 4. The Labute approximate surface area is 223 Å². The number of hydrazone groups is 2. The second-order valence-electron chi connectivity index (χ2n) is 7.31. The maximum Gasteiger partial charge on any atom is 0.253 e. The first-order valence-corrected chi connectivity index (χ1v) is 13.1. The SMILES string of the molecule is CC(Sc1nnc(SC(C)C(=O)NN=Cc2ccc(O)cc2O)s1)C(=O)NN=Cc1ccc(O)cc1O. The van der Waals surface area contributed by atoms with Crippen molar-refractivity contribution in [1.29, 1.82) is 0 Å². The zero-order chi connectivity index (χ0) is 26.9. The molecule has 0 bridgehead atoms. The van der Waals surface area contributed by atoms with E-state index >= 15 is 0 Å². The van der Waals surface area contributed by atoms with E-state index in [4.69, 9.17) is 0 Å². The number of phenolic OH excluding ortho intramolecular Hbond substituents is 4. The third-order valence-corrected chi connectivity index (χ3v) is 7.76. The van der Waals surface area contributed by atoms with Gasteiger partial charge in [-0.15, -0.1) is 10.2 Å². The van der Waals surface area contributed by atoms with Gasteiger partial charge >= 0.3 is 0 Å². The summed E-state index contributed by atoms with van der Waals surface area (Å²) in [7, 11) is 0. The third kappa shape index (κ3) is 8.37. The molecule has 3 rings (SSSR count). The molecule has 37 heavy (non-hydrogen) atoms. The second-order valence-corrected chi connectivity index (χ2v) is 11.5. The first-order chi connectivity index (χ1) is 17.6. The van der Waals surface area contributed by atoms with Crippen LogP contribution in [0.1, 0.15) is 25.0 Å². The molecule has 2 amide bonds. The number of rotatable bonds is 10. The van der Waals surface area contributed by atoms with Crippen LogP contribution in [-0.4, -0.2) is 65.4 Å². The molecule has 0 fully saturated rings. The molecule has 6 N–H and O–H groups in total. The van der Waals surface area contributed by atoms with E-state index in [1.54, 1.807) is 13.8 Å². The molecule has 2 aromatic carbocycles. The lowest BCUT2D eigenvalue weighted by Crippen LogP contribution is -2.26. The molecule has 0 radical (unpaired) electrons. The number of aromatic nitrogens is 2. The van der Waals surface area contributed by atoms with Gasteiger partial charge < -0.3 is 20.4 Å². The minimum Gasteiger partial charge on any atom is -0.508 e. The van der Waals surface area contributed by atoms with Crippen LogP contribution in [0, 0.1) is 0 Å². The predicted octanol–water partition coefficient (Wildman–Crippen LogP) is 2.62. The Morgan fingerprint density at radius 3 is 1.59 bits per heavy atom. The van der Waals surface area contributed by atoms with Gasteiger partial charge in [0.2, 0.25) is 0 Å². The van der Waals surface area contributed by atoms with Crippen molar-refractivity contribution in [2.75, 3.05) is 0 Å². The molecule has 0 aliphatic carbocycles. The largest absolute Gasteiger partial charge is 0.508 e. The van der Waals surface area contributed by atoms with Crippen molar-refractivity contribution in [3.63, 3.8) is 0 Å². The lowest BCUT2D eigenvalue weighted by molar-refractivity contribution is -0.121. The van der Waals surface area contributed by atoms with Crippen molar-refractivity contribution in [2.24, 2.45) is 10.2 Å². The van der Waals surface area contributed by atoms with Gasteiger partial charge in [0.1, 0.15) is 23.0 Å². The maximum absolute atomic E-state index is 12.3. The third-order valence-electron chi connectivity index (χ3n) is 4.47. The smallest absolute Gasteiger partial charge is 0.253 e. The molecule has 3 aromatic rings. The minimum atomic E-state index is -0.553. The molecule has 0 aliphatic heterocycles. The summed E-state index contributed by atoms with van der Waals surface area (Å²) in [6, 6.07) is 7.99. The standard InChI is InChI=1S/C22H22N6O6S3/c1-11(19(33)25-23-9-13-3-5-15(29)7-17(13)31)35-21-27-28-22(37-21)36-12(2)20(34)26-24-10-14-4-6-16(30)8-18(14)32/h3-12,29-32H,1-2H3,(H,25,33)(H,26,34). The molecular formula is C22H22N6O6S3. The van der Waals surface area contributed by atoms with E-state index in [0.717, 1.165) is 12.1 Å². The van der Waals surface area contributed by atoms with Crippen molar-refractivity contribution >= 4 is 59.1 Å². The monoisotopic (exact) mass is 562 g/mol. The Bertz CT molecular complexity index is 1230. The van der Waals surface area contributed by atoms with E-state index in [1.807, 2.05) is 0 Å². The summed E-state index contributed by atoms with van der Waals surface area (Å²) in [6.07, 6.45) is 2.52. The Hall–Kier alpha value is -3.82. The van der Waals surface area contributed by atoms with Crippen molar-refractivity contribution in [1.82, 2.24) is 21.0 Å².